The SMILES string of the molecule is Cc1ccccc1-c1csc2ccc(COc3ccc([C@]4(CC(=O)O)C[C@H](O)C4)cc3)cc12. The number of aliphatic hydroxyl groups excluding tert-OH is 1. The highest BCUT2D eigenvalue weighted by atomic mass is 32.1. The summed E-state index contributed by atoms with van der Waals surface area (Å²) >= 11 is 1.76. The predicted octanol–water partition coefficient (Wildman–Crippen LogP) is 6.32. The van der Waals surface area contributed by atoms with Crippen LogP contribution >= 0.6 is 11.3 Å². The van der Waals surface area contributed by atoms with E-state index in [9.17, 15) is 15.0 Å². The Bertz CT molecular complexity index is 1300. The summed E-state index contributed by atoms with van der Waals surface area (Å²) in [6, 6.07) is 22.6. The minimum atomic E-state index is -0.837. The van der Waals surface area contributed by atoms with Crippen molar-refractivity contribution in [1.29, 1.82) is 0 Å². The van der Waals surface area contributed by atoms with Gasteiger partial charge in [0.05, 0.1) is 12.5 Å². The summed E-state index contributed by atoms with van der Waals surface area (Å²) in [5, 5.41) is 22.5. The predicted molar refractivity (Wildman–Crippen MR) is 132 cm³/mol. The molecule has 0 atom stereocenters. The summed E-state index contributed by atoms with van der Waals surface area (Å²) in [7, 11) is 0. The Hall–Kier alpha value is -3.15. The number of benzene rings is 3. The smallest absolute Gasteiger partial charge is 0.304 e. The number of fused-ring (bicyclic) bond motifs is 1. The van der Waals surface area contributed by atoms with Crippen LogP contribution in [0.3, 0.4) is 0 Å². The zero-order valence-corrected chi connectivity index (χ0v) is 19.3. The second-order valence-corrected chi connectivity index (χ2v) is 9.93. The molecule has 5 rings (SSSR count). The molecule has 168 valence electrons. The highest BCUT2D eigenvalue weighted by Crippen LogP contribution is 2.47. The number of hydrogen-bond acceptors (Lipinski definition) is 4. The fourth-order valence-corrected chi connectivity index (χ4v) is 5.88. The van der Waals surface area contributed by atoms with E-state index in [2.05, 4.69) is 54.8 Å². The average molecular weight is 459 g/mol. The van der Waals surface area contributed by atoms with Crippen molar-refractivity contribution in [1.82, 2.24) is 0 Å². The maximum Gasteiger partial charge on any atom is 0.304 e. The van der Waals surface area contributed by atoms with Crippen LogP contribution in [0.2, 0.25) is 0 Å². The molecule has 1 saturated carbocycles. The lowest BCUT2D eigenvalue weighted by Crippen LogP contribution is -2.46. The third kappa shape index (κ3) is 4.26. The first kappa shape index (κ1) is 21.7. The minimum Gasteiger partial charge on any atom is -0.489 e. The number of aliphatic hydroxyl groups is 1. The van der Waals surface area contributed by atoms with Gasteiger partial charge in [-0.25, -0.2) is 0 Å². The topological polar surface area (TPSA) is 66.8 Å². The Morgan fingerprint density at radius 2 is 1.82 bits per heavy atom. The number of rotatable bonds is 7. The largest absolute Gasteiger partial charge is 0.489 e. The number of carbonyl (C=O) groups is 1. The van der Waals surface area contributed by atoms with Crippen molar-refractivity contribution < 1.29 is 19.7 Å². The molecule has 0 amide bonds. The number of carboxylic acid groups (broad SMARTS) is 1. The average Bonchev–Trinajstić information content (AvgIpc) is 3.20. The molecular weight excluding hydrogens is 432 g/mol. The maximum absolute atomic E-state index is 11.3. The molecule has 1 aliphatic carbocycles. The number of thiophene rings is 1. The Morgan fingerprint density at radius 3 is 2.52 bits per heavy atom. The molecule has 0 unspecified atom stereocenters. The van der Waals surface area contributed by atoms with Gasteiger partial charge in [-0.05, 0) is 71.7 Å². The first-order valence-electron chi connectivity index (χ1n) is 11.1. The fraction of sp³-hybridized carbons (Fsp3) is 0.250. The zero-order chi connectivity index (χ0) is 23.0. The van der Waals surface area contributed by atoms with Gasteiger partial charge in [0.1, 0.15) is 12.4 Å². The van der Waals surface area contributed by atoms with Crippen molar-refractivity contribution in [3.8, 4) is 16.9 Å². The van der Waals surface area contributed by atoms with Gasteiger partial charge in [0.15, 0.2) is 0 Å². The van der Waals surface area contributed by atoms with Crippen LogP contribution < -0.4 is 4.74 Å². The van der Waals surface area contributed by atoms with Gasteiger partial charge in [-0.1, -0.05) is 42.5 Å². The molecule has 3 aromatic carbocycles. The third-order valence-electron chi connectivity index (χ3n) is 6.69. The molecule has 5 heteroatoms. The molecule has 0 aliphatic heterocycles. The number of carboxylic acids is 1. The van der Waals surface area contributed by atoms with E-state index < -0.39 is 17.5 Å². The van der Waals surface area contributed by atoms with Gasteiger partial charge in [-0.2, -0.15) is 0 Å². The summed E-state index contributed by atoms with van der Waals surface area (Å²) in [6.07, 6.45) is 0.595. The molecule has 0 saturated heterocycles. The summed E-state index contributed by atoms with van der Waals surface area (Å²) in [5.74, 6) is -0.0928. The van der Waals surface area contributed by atoms with Crippen LogP contribution in [0.5, 0.6) is 5.75 Å². The highest BCUT2D eigenvalue weighted by molar-refractivity contribution is 7.17. The van der Waals surface area contributed by atoms with Gasteiger partial charge >= 0.3 is 5.97 Å². The van der Waals surface area contributed by atoms with Crippen LogP contribution in [0.25, 0.3) is 21.2 Å². The fourth-order valence-electron chi connectivity index (χ4n) is 4.93. The number of aryl methyl sites for hydroxylation is 1. The van der Waals surface area contributed by atoms with Crippen molar-refractivity contribution in [2.75, 3.05) is 0 Å². The molecule has 1 aliphatic rings. The molecule has 4 nitrogen and oxygen atoms in total. The van der Waals surface area contributed by atoms with E-state index >= 15 is 0 Å². The molecule has 0 radical (unpaired) electrons. The number of aliphatic carboxylic acids is 1. The van der Waals surface area contributed by atoms with E-state index in [-0.39, 0.29) is 6.42 Å². The van der Waals surface area contributed by atoms with Crippen molar-refractivity contribution in [3.63, 3.8) is 0 Å². The van der Waals surface area contributed by atoms with Gasteiger partial charge in [-0.3, -0.25) is 4.79 Å². The quantitative estimate of drug-likeness (QED) is 0.340. The van der Waals surface area contributed by atoms with E-state index in [0.717, 1.165) is 16.9 Å². The molecule has 1 fully saturated rings. The van der Waals surface area contributed by atoms with Crippen molar-refractivity contribution in [2.24, 2.45) is 0 Å². The summed E-state index contributed by atoms with van der Waals surface area (Å²) in [6.45, 7) is 2.59. The summed E-state index contributed by atoms with van der Waals surface area (Å²) in [4.78, 5) is 11.3. The van der Waals surface area contributed by atoms with Crippen LogP contribution in [0, 0.1) is 6.92 Å². The summed E-state index contributed by atoms with van der Waals surface area (Å²) < 4.78 is 7.30. The molecule has 1 aromatic heterocycles. The Kier molecular flexibility index (Phi) is 5.69. The molecule has 4 aromatic rings. The highest BCUT2D eigenvalue weighted by Gasteiger charge is 2.46. The Morgan fingerprint density at radius 1 is 1.06 bits per heavy atom. The normalized spacial score (nSPS) is 19.9. The standard InChI is InChI=1S/C28H26O4S/c1-18-4-2-3-5-23(18)25-17-33-26-11-6-19(12-24(25)26)16-32-22-9-7-20(8-10-22)28(15-27(30)31)13-21(29)14-28/h2-12,17,21,29H,13-16H2,1H3,(H,30,31)/t21-,28+. The van der Waals surface area contributed by atoms with Crippen LogP contribution in [-0.4, -0.2) is 22.3 Å². The lowest BCUT2D eigenvalue weighted by molar-refractivity contribution is -0.140. The second kappa shape index (κ2) is 8.65. The van der Waals surface area contributed by atoms with Gasteiger partial charge in [0, 0.05) is 21.1 Å². The minimum absolute atomic E-state index is 0.0359. The third-order valence-corrected chi connectivity index (χ3v) is 7.65. The van der Waals surface area contributed by atoms with E-state index in [1.54, 1.807) is 11.3 Å². The first-order valence-corrected chi connectivity index (χ1v) is 12.0. The maximum atomic E-state index is 11.3. The lowest BCUT2D eigenvalue weighted by atomic mass is 9.61. The van der Waals surface area contributed by atoms with Crippen molar-refractivity contribution in [2.45, 2.75) is 44.3 Å². The van der Waals surface area contributed by atoms with Gasteiger partial charge < -0.3 is 14.9 Å². The monoisotopic (exact) mass is 458 g/mol. The molecular formula is C28H26O4S. The van der Waals surface area contributed by atoms with Gasteiger partial charge in [0.25, 0.3) is 0 Å². The van der Waals surface area contributed by atoms with Crippen molar-refractivity contribution >= 4 is 27.4 Å². The molecule has 33 heavy (non-hydrogen) atoms. The number of ether oxygens (including phenoxy) is 1. The Labute approximate surface area is 197 Å². The molecule has 2 N–H and O–H groups in total. The van der Waals surface area contributed by atoms with Crippen LogP contribution in [0.4, 0.5) is 0 Å². The van der Waals surface area contributed by atoms with Gasteiger partial charge in [-0.15, -0.1) is 11.3 Å². The second-order valence-electron chi connectivity index (χ2n) is 9.02. The van der Waals surface area contributed by atoms with Crippen LogP contribution in [0.1, 0.15) is 36.0 Å². The zero-order valence-electron chi connectivity index (χ0n) is 18.5. The summed E-state index contributed by atoms with van der Waals surface area (Å²) in [5.41, 5.74) is 5.35. The van der Waals surface area contributed by atoms with Crippen molar-refractivity contribution in [3.05, 3.63) is 88.8 Å². The van der Waals surface area contributed by atoms with E-state index in [1.165, 1.54) is 26.8 Å². The Balaban J connectivity index is 1.32. The molecule has 0 spiro atoms. The van der Waals surface area contributed by atoms with Crippen LogP contribution in [-0.2, 0) is 16.8 Å². The molecule has 0 bridgehead atoms. The van der Waals surface area contributed by atoms with E-state index in [1.807, 2.05) is 24.3 Å². The van der Waals surface area contributed by atoms with Crippen LogP contribution in [0.15, 0.2) is 72.1 Å². The lowest BCUT2D eigenvalue weighted by Gasteiger charge is -2.45. The molecule has 1 heterocycles. The first-order chi connectivity index (χ1) is 15.9. The van der Waals surface area contributed by atoms with E-state index in [4.69, 9.17) is 4.74 Å². The number of hydrogen-bond donors (Lipinski definition) is 2. The van der Waals surface area contributed by atoms with E-state index in [0.29, 0.717) is 19.4 Å². The van der Waals surface area contributed by atoms with Gasteiger partial charge in [0.2, 0.25) is 0 Å².